The first-order valence-electron chi connectivity index (χ1n) is 14.2. The van der Waals surface area contributed by atoms with Crippen LogP contribution >= 0.6 is 0 Å². The van der Waals surface area contributed by atoms with E-state index in [9.17, 15) is 9.59 Å². The van der Waals surface area contributed by atoms with Crippen LogP contribution in [0, 0.1) is 17.8 Å². The van der Waals surface area contributed by atoms with Crippen LogP contribution in [-0.4, -0.2) is 84.5 Å². The number of aromatic amines is 1. The molecule has 1 amide bonds. The summed E-state index contributed by atoms with van der Waals surface area (Å²) < 4.78 is 25.0. The monoisotopic (exact) mass is 545 g/mol. The van der Waals surface area contributed by atoms with Crippen LogP contribution in [0.15, 0.2) is 40.9 Å². The quantitative estimate of drug-likeness (QED) is 0.372. The first-order chi connectivity index (χ1) is 18.9. The van der Waals surface area contributed by atoms with Crippen molar-refractivity contribution in [3.8, 4) is 0 Å². The molecule has 10 heteroatoms. The Kier molecular flexibility index (Phi) is 10.6. The van der Waals surface area contributed by atoms with E-state index in [1.807, 2.05) is 46.7 Å². The number of fused-ring (bicyclic) bond motifs is 1. The summed E-state index contributed by atoms with van der Waals surface area (Å²) in [4.78, 5) is 31.0. The molecule has 2 aliphatic heterocycles. The highest BCUT2D eigenvalue weighted by Gasteiger charge is 2.40. The molecule has 0 bridgehead atoms. The summed E-state index contributed by atoms with van der Waals surface area (Å²) in [5.41, 5.74) is 1.63. The average molecular weight is 546 g/mol. The van der Waals surface area contributed by atoms with E-state index >= 15 is 0 Å². The molecule has 0 saturated carbocycles. The summed E-state index contributed by atoms with van der Waals surface area (Å²) in [7, 11) is 0. The number of likely N-dealkylation sites (tertiary alicyclic amines) is 1. The number of benzene rings is 1. The molecule has 3 atom stereocenters. The molecule has 10 nitrogen and oxygen atoms in total. The van der Waals surface area contributed by atoms with Gasteiger partial charge in [-0.05, 0) is 56.2 Å². The molecule has 4 rings (SSSR count). The molecule has 2 aliphatic rings. The van der Waals surface area contributed by atoms with E-state index in [4.69, 9.17) is 24.1 Å². The lowest BCUT2D eigenvalue weighted by atomic mass is 9.79. The van der Waals surface area contributed by atoms with E-state index < -0.39 is 6.29 Å². The summed E-state index contributed by atoms with van der Waals surface area (Å²) in [5.74, 6) is 0.678. The van der Waals surface area contributed by atoms with Gasteiger partial charge in [-0.3, -0.25) is 9.36 Å². The molecule has 3 heterocycles. The number of nitrogens with zero attached hydrogens (tertiary/aromatic N) is 2. The number of carbonyl (C=O) groups is 1. The number of rotatable bonds is 13. The van der Waals surface area contributed by atoms with Crippen LogP contribution in [-0.2, 0) is 23.7 Å². The summed E-state index contributed by atoms with van der Waals surface area (Å²) >= 11 is 0. The van der Waals surface area contributed by atoms with Gasteiger partial charge >= 0.3 is 5.69 Å². The van der Waals surface area contributed by atoms with Crippen molar-refractivity contribution in [1.82, 2.24) is 14.5 Å². The zero-order valence-electron chi connectivity index (χ0n) is 23.3. The average Bonchev–Trinajstić information content (AvgIpc) is 3.28. The van der Waals surface area contributed by atoms with Gasteiger partial charge in [-0.2, -0.15) is 0 Å². The number of carbonyl (C=O) groups excluding carboxylic acids is 1. The van der Waals surface area contributed by atoms with E-state index in [0.29, 0.717) is 64.7 Å². The molecule has 0 aliphatic carbocycles. The molecule has 1 aromatic carbocycles. The normalized spacial score (nSPS) is 22.3. The second kappa shape index (κ2) is 14.1. The highest BCUT2D eigenvalue weighted by molar-refractivity contribution is 5.91. The summed E-state index contributed by atoms with van der Waals surface area (Å²) in [6.07, 6.45) is 3.59. The molecule has 1 fully saturated rings. The van der Waals surface area contributed by atoms with Gasteiger partial charge in [-0.1, -0.05) is 26.0 Å². The molecule has 0 unspecified atom stereocenters. The number of aromatic nitrogens is 2. The maximum absolute atomic E-state index is 13.6. The number of ether oxygens (including phenoxy) is 4. The number of aliphatic hydroxyl groups is 1. The Morgan fingerprint density at radius 2 is 1.85 bits per heavy atom. The first kappa shape index (κ1) is 29.3. The van der Waals surface area contributed by atoms with Gasteiger partial charge in [0, 0.05) is 38.3 Å². The summed E-state index contributed by atoms with van der Waals surface area (Å²) in [6.45, 7) is 9.55. The number of para-hydroxylation sites is 2. The second-order valence-corrected chi connectivity index (χ2v) is 10.5. The highest BCUT2D eigenvalue weighted by Crippen LogP contribution is 2.37. The van der Waals surface area contributed by atoms with Crippen LogP contribution in [0.4, 0.5) is 0 Å². The third kappa shape index (κ3) is 7.11. The van der Waals surface area contributed by atoms with Crippen LogP contribution < -0.4 is 5.69 Å². The van der Waals surface area contributed by atoms with Crippen LogP contribution in [0.2, 0.25) is 0 Å². The topological polar surface area (TPSA) is 115 Å². The Balaban J connectivity index is 1.39. The molecule has 0 radical (unpaired) electrons. The molecular formula is C29H43N3O7. The van der Waals surface area contributed by atoms with Gasteiger partial charge in [0.2, 0.25) is 6.29 Å². The van der Waals surface area contributed by atoms with Crippen molar-refractivity contribution in [2.45, 2.75) is 52.4 Å². The first-order valence-corrected chi connectivity index (χ1v) is 14.2. The maximum atomic E-state index is 13.6. The molecule has 216 valence electrons. The Bertz CT molecular complexity index is 1150. The Morgan fingerprint density at radius 3 is 2.54 bits per heavy atom. The lowest BCUT2D eigenvalue weighted by Gasteiger charge is -2.40. The van der Waals surface area contributed by atoms with Crippen LogP contribution in [0.25, 0.3) is 11.0 Å². The van der Waals surface area contributed by atoms with Crippen molar-refractivity contribution < 1.29 is 28.8 Å². The van der Waals surface area contributed by atoms with Crippen LogP contribution in [0.3, 0.4) is 0 Å². The zero-order valence-corrected chi connectivity index (χ0v) is 23.3. The molecule has 0 spiro atoms. The second-order valence-electron chi connectivity index (χ2n) is 10.5. The minimum Gasteiger partial charge on any atom is -0.459 e. The third-order valence-corrected chi connectivity index (χ3v) is 7.69. The lowest BCUT2D eigenvalue weighted by Crippen LogP contribution is -2.45. The van der Waals surface area contributed by atoms with Crippen molar-refractivity contribution in [2.24, 2.45) is 17.8 Å². The number of H-pyrrole nitrogens is 1. The van der Waals surface area contributed by atoms with E-state index in [-0.39, 0.29) is 42.0 Å². The lowest BCUT2D eigenvalue weighted by molar-refractivity contribution is -0.180. The van der Waals surface area contributed by atoms with E-state index in [1.165, 1.54) is 0 Å². The SMILES string of the molecule is CCO[C@@H]1OC(C(=O)N2CCC(n3c(=O)[nH]c4ccccc43)CC2)=C[C@H](C(C)C)[C@H]1CCOCCOCCO. The van der Waals surface area contributed by atoms with Gasteiger partial charge in [0.25, 0.3) is 5.91 Å². The standard InChI is InChI=1S/C29H43N3O7/c1-4-38-28-22(11-15-36-17-18-37-16-14-33)23(20(2)3)19-26(39-28)27(34)31-12-9-21(10-13-31)32-25-8-6-5-7-24(25)30-29(32)35/h5-8,19-23,28,33H,4,9-18H2,1-3H3,(H,30,35)/t22-,23-,28-/m1/s1. The molecule has 1 aromatic heterocycles. The fourth-order valence-corrected chi connectivity index (χ4v) is 5.72. The number of piperidine rings is 1. The third-order valence-electron chi connectivity index (χ3n) is 7.69. The van der Waals surface area contributed by atoms with Crippen molar-refractivity contribution in [2.75, 3.05) is 52.7 Å². The van der Waals surface area contributed by atoms with E-state index in [0.717, 1.165) is 17.5 Å². The number of amides is 1. The minimum absolute atomic E-state index is 0.00103. The number of nitrogens with one attached hydrogen (secondary N) is 1. The largest absolute Gasteiger partial charge is 0.459 e. The van der Waals surface area contributed by atoms with Crippen LogP contribution in [0.5, 0.6) is 0 Å². The number of aliphatic hydroxyl groups excluding tert-OH is 1. The van der Waals surface area contributed by atoms with E-state index in [1.54, 1.807) is 0 Å². The zero-order chi connectivity index (χ0) is 27.8. The minimum atomic E-state index is -0.525. The van der Waals surface area contributed by atoms with Crippen molar-refractivity contribution >= 4 is 16.9 Å². The van der Waals surface area contributed by atoms with Gasteiger partial charge in [-0.15, -0.1) is 0 Å². The fraction of sp³-hybridized carbons (Fsp3) is 0.655. The Labute approximate surface area is 229 Å². The summed E-state index contributed by atoms with van der Waals surface area (Å²) in [5, 5.41) is 8.80. The van der Waals surface area contributed by atoms with E-state index in [2.05, 4.69) is 18.8 Å². The maximum Gasteiger partial charge on any atom is 0.326 e. The predicted molar refractivity (Wildman–Crippen MR) is 147 cm³/mol. The fourth-order valence-electron chi connectivity index (χ4n) is 5.72. The Morgan fingerprint density at radius 1 is 1.13 bits per heavy atom. The summed E-state index contributed by atoms with van der Waals surface area (Å²) in [6, 6.07) is 7.75. The number of imidazole rings is 1. The van der Waals surface area contributed by atoms with Gasteiger partial charge in [0.05, 0.1) is 37.5 Å². The Hall–Kier alpha value is -2.66. The molecule has 39 heavy (non-hydrogen) atoms. The predicted octanol–water partition coefficient (Wildman–Crippen LogP) is 3.07. The van der Waals surface area contributed by atoms with Gasteiger partial charge in [0.1, 0.15) is 0 Å². The van der Waals surface area contributed by atoms with Gasteiger partial charge in [0.15, 0.2) is 5.76 Å². The molecular weight excluding hydrogens is 502 g/mol. The van der Waals surface area contributed by atoms with Gasteiger partial charge in [-0.25, -0.2) is 4.79 Å². The van der Waals surface area contributed by atoms with Crippen molar-refractivity contribution in [1.29, 1.82) is 0 Å². The number of hydrogen-bond acceptors (Lipinski definition) is 7. The van der Waals surface area contributed by atoms with Gasteiger partial charge < -0.3 is 33.9 Å². The van der Waals surface area contributed by atoms with Crippen molar-refractivity contribution in [3.63, 3.8) is 0 Å². The number of hydrogen-bond donors (Lipinski definition) is 2. The molecule has 2 aromatic rings. The van der Waals surface area contributed by atoms with Crippen molar-refractivity contribution in [3.05, 3.63) is 46.6 Å². The molecule has 2 N–H and O–H groups in total. The van der Waals surface area contributed by atoms with Crippen LogP contribution in [0.1, 0.15) is 46.1 Å². The highest BCUT2D eigenvalue weighted by atomic mass is 16.7. The number of allylic oxidation sites excluding steroid dienone is 1. The smallest absolute Gasteiger partial charge is 0.326 e. The molecule has 1 saturated heterocycles.